The number of hydrogen-bond acceptors (Lipinski definition) is 2. The van der Waals surface area contributed by atoms with Gasteiger partial charge in [0.15, 0.2) is 0 Å². The fraction of sp³-hybridized carbons (Fsp3) is 0.538. The van der Waals surface area contributed by atoms with Crippen molar-refractivity contribution in [2.75, 3.05) is 13.2 Å². The lowest BCUT2D eigenvalue weighted by Crippen LogP contribution is -2.29. The SMILES string of the molecule is FC(F)(F)Oc1ccc(CC2COCCC2Br)cc1. The molecule has 2 rings (SSSR count). The van der Waals surface area contributed by atoms with Crippen molar-refractivity contribution < 1.29 is 22.6 Å². The van der Waals surface area contributed by atoms with Crippen LogP contribution in [0.5, 0.6) is 5.75 Å². The molecule has 2 nitrogen and oxygen atoms in total. The predicted octanol–water partition coefficient (Wildman–Crippen LogP) is 3.93. The molecule has 0 spiro atoms. The molecule has 0 aliphatic carbocycles. The molecule has 1 aliphatic heterocycles. The van der Waals surface area contributed by atoms with Gasteiger partial charge in [0.2, 0.25) is 0 Å². The van der Waals surface area contributed by atoms with Crippen LogP contribution >= 0.6 is 15.9 Å². The summed E-state index contributed by atoms with van der Waals surface area (Å²) in [5, 5.41) is 0. The molecule has 1 fully saturated rings. The largest absolute Gasteiger partial charge is 0.573 e. The molecule has 19 heavy (non-hydrogen) atoms. The van der Waals surface area contributed by atoms with Gasteiger partial charge in [0.25, 0.3) is 0 Å². The molecular formula is C13H14BrF3O2. The van der Waals surface area contributed by atoms with Crippen LogP contribution in [0.15, 0.2) is 24.3 Å². The Bertz CT molecular complexity index is 405. The average Bonchev–Trinajstić information content (AvgIpc) is 2.33. The van der Waals surface area contributed by atoms with Gasteiger partial charge < -0.3 is 9.47 Å². The standard InChI is InChI=1S/C13H14BrF3O2/c14-12-5-6-18-8-10(12)7-9-1-3-11(4-2-9)19-13(15,16)17/h1-4,10,12H,5-8H2. The van der Waals surface area contributed by atoms with Gasteiger partial charge >= 0.3 is 6.36 Å². The van der Waals surface area contributed by atoms with Crippen molar-refractivity contribution >= 4 is 15.9 Å². The van der Waals surface area contributed by atoms with E-state index in [0.717, 1.165) is 25.0 Å². The number of halogens is 4. The van der Waals surface area contributed by atoms with Crippen LogP contribution in [-0.2, 0) is 11.2 Å². The van der Waals surface area contributed by atoms with Crippen molar-refractivity contribution in [1.82, 2.24) is 0 Å². The van der Waals surface area contributed by atoms with E-state index >= 15 is 0 Å². The minimum atomic E-state index is -4.64. The van der Waals surface area contributed by atoms with Crippen molar-refractivity contribution in [2.24, 2.45) is 5.92 Å². The normalized spacial score (nSPS) is 24.2. The first kappa shape index (κ1) is 14.7. The van der Waals surface area contributed by atoms with E-state index in [1.165, 1.54) is 12.1 Å². The lowest BCUT2D eigenvalue weighted by Gasteiger charge is -2.27. The third-order valence-electron chi connectivity index (χ3n) is 3.04. The molecule has 106 valence electrons. The maximum absolute atomic E-state index is 12.0. The Morgan fingerprint density at radius 1 is 1.26 bits per heavy atom. The lowest BCUT2D eigenvalue weighted by atomic mass is 9.94. The topological polar surface area (TPSA) is 18.5 Å². The van der Waals surface area contributed by atoms with Crippen LogP contribution in [0, 0.1) is 5.92 Å². The third-order valence-corrected chi connectivity index (χ3v) is 4.24. The first-order valence-corrected chi connectivity index (χ1v) is 6.92. The molecule has 2 unspecified atom stereocenters. The van der Waals surface area contributed by atoms with Crippen molar-refractivity contribution in [1.29, 1.82) is 0 Å². The fourth-order valence-corrected chi connectivity index (χ4v) is 2.61. The van der Waals surface area contributed by atoms with Gasteiger partial charge in [0.1, 0.15) is 5.75 Å². The average molecular weight is 339 g/mol. The van der Waals surface area contributed by atoms with Crippen LogP contribution in [0.2, 0.25) is 0 Å². The maximum Gasteiger partial charge on any atom is 0.573 e. The molecule has 0 N–H and O–H groups in total. The Morgan fingerprint density at radius 2 is 1.95 bits per heavy atom. The third kappa shape index (κ3) is 4.69. The van der Waals surface area contributed by atoms with Gasteiger partial charge in [0.05, 0.1) is 6.61 Å². The highest BCUT2D eigenvalue weighted by molar-refractivity contribution is 9.09. The Balaban J connectivity index is 1.94. The quantitative estimate of drug-likeness (QED) is 0.777. The van der Waals surface area contributed by atoms with E-state index in [-0.39, 0.29) is 5.75 Å². The second-order valence-electron chi connectivity index (χ2n) is 4.54. The summed E-state index contributed by atoms with van der Waals surface area (Å²) in [7, 11) is 0. The Labute approximate surface area is 118 Å². The summed E-state index contributed by atoms with van der Waals surface area (Å²) in [5.41, 5.74) is 0.981. The molecule has 1 heterocycles. The fourth-order valence-electron chi connectivity index (χ4n) is 2.09. The van der Waals surface area contributed by atoms with Gasteiger partial charge in [-0.3, -0.25) is 0 Å². The second-order valence-corrected chi connectivity index (χ2v) is 5.71. The van der Waals surface area contributed by atoms with E-state index in [1.54, 1.807) is 12.1 Å². The highest BCUT2D eigenvalue weighted by Crippen LogP contribution is 2.27. The molecular weight excluding hydrogens is 325 g/mol. The van der Waals surface area contributed by atoms with E-state index in [2.05, 4.69) is 20.7 Å². The van der Waals surface area contributed by atoms with Gasteiger partial charge in [0, 0.05) is 11.4 Å². The maximum atomic E-state index is 12.0. The molecule has 1 aliphatic rings. The highest BCUT2D eigenvalue weighted by atomic mass is 79.9. The van der Waals surface area contributed by atoms with E-state index < -0.39 is 6.36 Å². The van der Waals surface area contributed by atoms with Crippen LogP contribution in [0.1, 0.15) is 12.0 Å². The van der Waals surface area contributed by atoms with E-state index in [4.69, 9.17) is 4.74 Å². The summed E-state index contributed by atoms with van der Waals surface area (Å²) in [6, 6.07) is 6.01. The minimum Gasteiger partial charge on any atom is -0.406 e. The van der Waals surface area contributed by atoms with Crippen molar-refractivity contribution in [3.8, 4) is 5.75 Å². The zero-order chi connectivity index (χ0) is 13.9. The van der Waals surface area contributed by atoms with Gasteiger partial charge in [-0.25, -0.2) is 0 Å². The number of hydrogen-bond donors (Lipinski definition) is 0. The van der Waals surface area contributed by atoms with Crippen LogP contribution in [0.4, 0.5) is 13.2 Å². The molecule has 0 radical (unpaired) electrons. The predicted molar refractivity (Wildman–Crippen MR) is 68.5 cm³/mol. The molecule has 0 bridgehead atoms. The molecule has 1 aromatic carbocycles. The monoisotopic (exact) mass is 338 g/mol. The van der Waals surface area contributed by atoms with Crippen LogP contribution < -0.4 is 4.74 Å². The molecule has 2 atom stereocenters. The van der Waals surface area contributed by atoms with Crippen LogP contribution in [-0.4, -0.2) is 24.4 Å². The zero-order valence-electron chi connectivity index (χ0n) is 10.1. The number of benzene rings is 1. The van der Waals surface area contributed by atoms with Crippen molar-refractivity contribution in [3.63, 3.8) is 0 Å². The Hall–Kier alpha value is -0.750. The zero-order valence-corrected chi connectivity index (χ0v) is 11.7. The van der Waals surface area contributed by atoms with E-state index in [9.17, 15) is 13.2 Å². The van der Waals surface area contributed by atoms with Crippen molar-refractivity contribution in [3.05, 3.63) is 29.8 Å². The summed E-state index contributed by atoms with van der Waals surface area (Å²) in [5.74, 6) is 0.162. The summed E-state index contributed by atoms with van der Waals surface area (Å²) in [6.45, 7) is 1.43. The van der Waals surface area contributed by atoms with E-state index in [1.807, 2.05) is 0 Å². The van der Waals surface area contributed by atoms with Gasteiger partial charge in [-0.05, 0) is 36.5 Å². The van der Waals surface area contributed by atoms with Crippen LogP contribution in [0.3, 0.4) is 0 Å². The van der Waals surface area contributed by atoms with Crippen molar-refractivity contribution in [2.45, 2.75) is 24.0 Å². The molecule has 6 heteroatoms. The summed E-state index contributed by atoms with van der Waals surface area (Å²) >= 11 is 3.61. The van der Waals surface area contributed by atoms with Gasteiger partial charge in [-0.2, -0.15) is 0 Å². The summed E-state index contributed by atoms with van der Waals surface area (Å²) in [4.78, 5) is 0.396. The van der Waals surface area contributed by atoms with E-state index in [0.29, 0.717) is 17.4 Å². The first-order chi connectivity index (χ1) is 8.94. The molecule has 0 aromatic heterocycles. The Morgan fingerprint density at radius 3 is 2.53 bits per heavy atom. The Kier molecular flexibility index (Phi) is 4.73. The first-order valence-electron chi connectivity index (χ1n) is 6.00. The summed E-state index contributed by atoms with van der Waals surface area (Å²) in [6.07, 6.45) is -2.90. The molecule has 0 amide bonds. The molecule has 1 aromatic rings. The second kappa shape index (κ2) is 6.13. The van der Waals surface area contributed by atoms with Gasteiger partial charge in [-0.15, -0.1) is 13.2 Å². The lowest BCUT2D eigenvalue weighted by molar-refractivity contribution is -0.274. The number of alkyl halides is 4. The van der Waals surface area contributed by atoms with Crippen LogP contribution in [0.25, 0.3) is 0 Å². The highest BCUT2D eigenvalue weighted by Gasteiger charge is 2.31. The number of rotatable bonds is 3. The minimum absolute atomic E-state index is 0.188. The summed E-state index contributed by atoms with van der Waals surface area (Å²) < 4.78 is 45.3. The molecule has 0 saturated carbocycles. The van der Waals surface area contributed by atoms with Gasteiger partial charge in [-0.1, -0.05) is 28.1 Å². The smallest absolute Gasteiger partial charge is 0.406 e. The molecule has 1 saturated heterocycles. The number of ether oxygens (including phenoxy) is 2.